The summed E-state index contributed by atoms with van der Waals surface area (Å²) >= 11 is 0. The van der Waals surface area contributed by atoms with Crippen molar-refractivity contribution >= 4 is 50.6 Å². The maximum atomic E-state index is 5.15. The Balaban J connectivity index is 1.05. The molecule has 0 N–H and O–H groups in total. The number of fused-ring (bicyclic) bond motifs is 5. The minimum absolute atomic E-state index is 0.239. The van der Waals surface area contributed by atoms with Crippen molar-refractivity contribution in [3.05, 3.63) is 143 Å². The van der Waals surface area contributed by atoms with Crippen LogP contribution in [0.25, 0.3) is 67.2 Å². The predicted octanol–water partition coefficient (Wildman–Crippen LogP) is 7.56. The summed E-state index contributed by atoms with van der Waals surface area (Å²) in [6, 6.07) is 34.3. The third kappa shape index (κ3) is 4.60. The summed E-state index contributed by atoms with van der Waals surface area (Å²) in [7, 11) is 0. The van der Waals surface area contributed by atoms with E-state index < -0.39 is 0 Å². The molecule has 2 aliphatic rings. The molecule has 1 aliphatic heterocycles. The van der Waals surface area contributed by atoms with Gasteiger partial charge in [-0.3, -0.25) is 15.0 Å². The number of rotatable bonds is 4. The average molecular weight is 592 g/mol. The molecule has 0 amide bonds. The van der Waals surface area contributed by atoms with Gasteiger partial charge >= 0.3 is 0 Å². The highest BCUT2D eigenvalue weighted by molar-refractivity contribution is 6.11. The maximum absolute atomic E-state index is 5.15. The summed E-state index contributed by atoms with van der Waals surface area (Å²) in [6.45, 7) is 2.87. The molecule has 7 aromatic rings. The van der Waals surface area contributed by atoms with Crippen molar-refractivity contribution in [3.8, 4) is 22.4 Å². The van der Waals surface area contributed by atoms with Crippen molar-refractivity contribution in [2.45, 2.75) is 19.3 Å². The number of aromatic nitrogens is 4. The molecule has 1 unspecified atom stereocenters. The smallest absolute Gasteiger partial charge is 0.0970 e. The second kappa shape index (κ2) is 10.7. The summed E-state index contributed by atoms with van der Waals surface area (Å²) in [5.74, 6) is 0.239. The first kappa shape index (κ1) is 26.6. The van der Waals surface area contributed by atoms with Crippen LogP contribution in [0.5, 0.6) is 0 Å². The van der Waals surface area contributed by atoms with Gasteiger partial charge in [0, 0.05) is 40.0 Å². The van der Waals surface area contributed by atoms with Gasteiger partial charge in [-0.1, -0.05) is 72.8 Å². The Kier molecular flexibility index (Phi) is 6.17. The van der Waals surface area contributed by atoms with E-state index in [1.807, 2.05) is 24.5 Å². The Morgan fingerprint density at radius 3 is 2.37 bits per heavy atom. The molecule has 5 heteroatoms. The second-order valence-electron chi connectivity index (χ2n) is 12.2. The summed E-state index contributed by atoms with van der Waals surface area (Å²) in [5, 5.41) is 5.54. The molecule has 5 heterocycles. The standard InChI is InChI=1S/C41H29N5/c1-25-20-39(44-24-25)36-17-15-29-11-13-31(23-38(29)46-36)30-12-10-28-14-16-35(45-37(28)22-30)27-8-6-26(7-9-27)34-21-32-4-2-18-42-40(32)41-33(34)5-3-19-43-41/h2-11,13-23,30H,12,24H2,1H3. The van der Waals surface area contributed by atoms with Crippen molar-refractivity contribution in [1.29, 1.82) is 0 Å². The molecule has 5 nitrogen and oxygen atoms in total. The van der Waals surface area contributed by atoms with Crippen LogP contribution in [0.2, 0.25) is 0 Å². The van der Waals surface area contributed by atoms with Gasteiger partial charge in [0.2, 0.25) is 0 Å². The molecule has 1 aliphatic carbocycles. The zero-order valence-corrected chi connectivity index (χ0v) is 25.4. The van der Waals surface area contributed by atoms with Crippen molar-refractivity contribution in [1.82, 2.24) is 19.9 Å². The number of aliphatic imine (C=N–C) groups is 1. The monoisotopic (exact) mass is 591 g/mol. The first-order chi connectivity index (χ1) is 22.7. The number of pyridine rings is 4. The van der Waals surface area contributed by atoms with Gasteiger partial charge in [-0.2, -0.15) is 0 Å². The van der Waals surface area contributed by atoms with Gasteiger partial charge in [-0.05, 0) is 83.3 Å². The molecule has 0 radical (unpaired) electrons. The third-order valence-corrected chi connectivity index (χ3v) is 9.15. The molecule has 1 atom stereocenters. The summed E-state index contributed by atoms with van der Waals surface area (Å²) in [5.41, 5.74) is 11.6. The summed E-state index contributed by atoms with van der Waals surface area (Å²) < 4.78 is 0. The Labute approximate surface area is 266 Å². The van der Waals surface area contributed by atoms with E-state index in [0.717, 1.165) is 84.8 Å². The van der Waals surface area contributed by atoms with E-state index in [0.29, 0.717) is 0 Å². The van der Waals surface area contributed by atoms with Crippen molar-refractivity contribution in [2.75, 3.05) is 6.54 Å². The molecule has 0 saturated carbocycles. The molecule has 4 aromatic heterocycles. The highest BCUT2D eigenvalue weighted by atomic mass is 14.8. The SMILES string of the molecule is CC1=CC(c2ccc3ccc(C4C=c5nc(-c6ccc(-c7cc8cccnc8c8ncccc78)cc6)ccc5=CC4)cc3n2)=NC1. The Bertz CT molecular complexity index is 2540. The minimum Gasteiger partial charge on any atom is -0.279 e. The lowest BCUT2D eigenvalue weighted by atomic mass is 9.91. The summed E-state index contributed by atoms with van der Waals surface area (Å²) in [6.07, 6.45) is 11.4. The molecule has 218 valence electrons. The highest BCUT2D eigenvalue weighted by Crippen LogP contribution is 2.34. The van der Waals surface area contributed by atoms with Gasteiger partial charge < -0.3 is 0 Å². The Morgan fingerprint density at radius 1 is 0.696 bits per heavy atom. The van der Waals surface area contributed by atoms with E-state index >= 15 is 0 Å². The topological polar surface area (TPSA) is 63.9 Å². The van der Waals surface area contributed by atoms with Crippen LogP contribution in [0.4, 0.5) is 0 Å². The lowest BCUT2D eigenvalue weighted by Crippen LogP contribution is -2.31. The minimum atomic E-state index is 0.239. The van der Waals surface area contributed by atoms with Gasteiger partial charge in [0.05, 0.1) is 45.5 Å². The molecule has 0 fully saturated rings. The lowest BCUT2D eigenvalue weighted by Gasteiger charge is -2.15. The van der Waals surface area contributed by atoms with E-state index in [2.05, 4.69) is 125 Å². The first-order valence-electron chi connectivity index (χ1n) is 15.7. The molecule has 46 heavy (non-hydrogen) atoms. The van der Waals surface area contributed by atoms with Crippen LogP contribution >= 0.6 is 0 Å². The zero-order chi connectivity index (χ0) is 30.6. The van der Waals surface area contributed by atoms with Gasteiger partial charge in [-0.15, -0.1) is 0 Å². The lowest BCUT2D eigenvalue weighted by molar-refractivity contribution is 0.912. The quantitative estimate of drug-likeness (QED) is 0.198. The fourth-order valence-electron chi connectivity index (χ4n) is 6.73. The fourth-order valence-corrected chi connectivity index (χ4v) is 6.73. The number of hydrogen-bond donors (Lipinski definition) is 0. The zero-order valence-electron chi connectivity index (χ0n) is 25.4. The van der Waals surface area contributed by atoms with E-state index in [1.54, 1.807) is 0 Å². The van der Waals surface area contributed by atoms with Crippen LogP contribution in [-0.4, -0.2) is 32.2 Å². The normalized spacial score (nSPS) is 15.7. The number of nitrogens with zero attached hydrogens (tertiary/aromatic N) is 5. The molecule has 0 saturated heterocycles. The van der Waals surface area contributed by atoms with Crippen LogP contribution < -0.4 is 10.6 Å². The Hall–Kier alpha value is -5.81. The van der Waals surface area contributed by atoms with Crippen LogP contribution in [0, 0.1) is 0 Å². The van der Waals surface area contributed by atoms with Crippen LogP contribution in [0.15, 0.2) is 126 Å². The van der Waals surface area contributed by atoms with E-state index in [1.165, 1.54) is 16.4 Å². The second-order valence-corrected chi connectivity index (χ2v) is 12.2. The largest absolute Gasteiger partial charge is 0.279 e. The highest BCUT2D eigenvalue weighted by Gasteiger charge is 2.15. The third-order valence-electron chi connectivity index (χ3n) is 9.15. The molecule has 9 rings (SSSR count). The van der Waals surface area contributed by atoms with Crippen molar-refractivity contribution in [3.63, 3.8) is 0 Å². The fraction of sp³-hybridized carbons (Fsp3) is 0.0976. The molecule has 0 bridgehead atoms. The first-order valence-corrected chi connectivity index (χ1v) is 15.7. The predicted molar refractivity (Wildman–Crippen MR) is 188 cm³/mol. The van der Waals surface area contributed by atoms with E-state index in [9.17, 15) is 0 Å². The average Bonchev–Trinajstić information content (AvgIpc) is 3.56. The molecule has 3 aromatic carbocycles. The molecular formula is C41H29N5. The van der Waals surface area contributed by atoms with Crippen molar-refractivity contribution < 1.29 is 0 Å². The number of hydrogen-bond acceptors (Lipinski definition) is 5. The van der Waals surface area contributed by atoms with Crippen LogP contribution in [-0.2, 0) is 0 Å². The van der Waals surface area contributed by atoms with Crippen LogP contribution in [0.3, 0.4) is 0 Å². The van der Waals surface area contributed by atoms with Gasteiger partial charge in [0.1, 0.15) is 0 Å². The van der Waals surface area contributed by atoms with Gasteiger partial charge in [-0.25, -0.2) is 9.97 Å². The Morgan fingerprint density at radius 2 is 1.50 bits per heavy atom. The van der Waals surface area contributed by atoms with Crippen molar-refractivity contribution in [2.24, 2.45) is 4.99 Å². The van der Waals surface area contributed by atoms with Crippen LogP contribution in [0.1, 0.15) is 30.5 Å². The molecule has 0 spiro atoms. The molecular weight excluding hydrogens is 562 g/mol. The maximum Gasteiger partial charge on any atom is 0.0970 e. The summed E-state index contributed by atoms with van der Waals surface area (Å²) in [4.78, 5) is 24.1. The van der Waals surface area contributed by atoms with Gasteiger partial charge in [0.15, 0.2) is 0 Å². The van der Waals surface area contributed by atoms with E-state index in [4.69, 9.17) is 9.97 Å². The van der Waals surface area contributed by atoms with Gasteiger partial charge in [0.25, 0.3) is 0 Å². The number of allylic oxidation sites excluding steroid dienone is 1. The van der Waals surface area contributed by atoms with E-state index in [-0.39, 0.29) is 5.92 Å². The number of benzene rings is 3.